The Hall–Kier alpha value is -2.75. The zero-order chi connectivity index (χ0) is 14.2. The summed E-state index contributed by atoms with van der Waals surface area (Å²) >= 11 is 0. The lowest BCUT2D eigenvalue weighted by atomic mass is 9.99. The van der Waals surface area contributed by atoms with Gasteiger partial charge in [-0.25, -0.2) is 0 Å². The maximum Gasteiger partial charge on any atom is 0.231 e. The normalized spacial score (nSPS) is 12.6. The fraction of sp³-hybridized carbons (Fsp3) is 0.118. The number of rotatable bonds is 2. The Balaban J connectivity index is 1.87. The molecule has 1 aliphatic rings. The van der Waals surface area contributed by atoms with Crippen LogP contribution >= 0.6 is 0 Å². The predicted molar refractivity (Wildman–Crippen MR) is 80.3 cm³/mol. The Kier molecular flexibility index (Phi) is 2.67. The lowest BCUT2D eigenvalue weighted by molar-refractivity contribution is 0.174. The summed E-state index contributed by atoms with van der Waals surface area (Å²) in [6, 6.07) is 16.1. The predicted octanol–water partition coefficient (Wildman–Crippen LogP) is 3.78. The van der Waals surface area contributed by atoms with Gasteiger partial charge < -0.3 is 9.47 Å². The molecule has 104 valence electrons. The highest BCUT2D eigenvalue weighted by Crippen LogP contribution is 2.39. The van der Waals surface area contributed by atoms with Crippen LogP contribution in [-0.4, -0.2) is 17.0 Å². The van der Waals surface area contributed by atoms with E-state index in [4.69, 9.17) is 9.47 Å². The van der Waals surface area contributed by atoms with Crippen LogP contribution in [-0.2, 0) is 0 Å². The quantitative estimate of drug-likeness (QED) is 0.776. The summed E-state index contributed by atoms with van der Waals surface area (Å²) in [7, 11) is 0. The standard InChI is InChI=1S/C17H14N2O2/c1-11-16(13-7-8-14-15(9-13)21-10-20-14)17(19-18-11)12-5-3-2-4-6-12/h2-9H,10H2,1H3,(H,18,19). The van der Waals surface area contributed by atoms with Gasteiger partial charge in [0.25, 0.3) is 0 Å². The topological polar surface area (TPSA) is 47.1 Å². The van der Waals surface area contributed by atoms with Gasteiger partial charge in [0.1, 0.15) is 5.69 Å². The average molecular weight is 278 g/mol. The Morgan fingerprint density at radius 2 is 1.76 bits per heavy atom. The summed E-state index contributed by atoms with van der Waals surface area (Å²) in [6.45, 7) is 2.31. The molecule has 0 saturated carbocycles. The van der Waals surface area contributed by atoms with Crippen molar-refractivity contribution in [1.29, 1.82) is 0 Å². The molecule has 4 heteroatoms. The van der Waals surface area contributed by atoms with Gasteiger partial charge in [-0.15, -0.1) is 0 Å². The Bertz CT molecular complexity index is 794. The number of nitrogens with one attached hydrogen (secondary N) is 1. The van der Waals surface area contributed by atoms with Crippen molar-refractivity contribution >= 4 is 0 Å². The first kappa shape index (κ1) is 12.0. The molecular weight excluding hydrogens is 264 g/mol. The van der Waals surface area contributed by atoms with Crippen LogP contribution in [0.4, 0.5) is 0 Å². The third-order valence-electron chi connectivity index (χ3n) is 3.66. The smallest absolute Gasteiger partial charge is 0.231 e. The maximum absolute atomic E-state index is 5.47. The second-order valence-corrected chi connectivity index (χ2v) is 5.01. The van der Waals surface area contributed by atoms with Gasteiger partial charge in [0, 0.05) is 16.8 Å². The summed E-state index contributed by atoms with van der Waals surface area (Å²) in [5, 5.41) is 7.54. The Morgan fingerprint density at radius 3 is 2.62 bits per heavy atom. The molecule has 0 unspecified atom stereocenters. The van der Waals surface area contributed by atoms with Gasteiger partial charge in [0.2, 0.25) is 6.79 Å². The van der Waals surface area contributed by atoms with Gasteiger partial charge in [-0.05, 0) is 24.6 Å². The summed E-state index contributed by atoms with van der Waals surface area (Å²) in [4.78, 5) is 0. The highest BCUT2D eigenvalue weighted by molar-refractivity contribution is 5.83. The van der Waals surface area contributed by atoms with E-state index in [1.54, 1.807) is 0 Å². The molecule has 1 aliphatic heterocycles. The first-order valence-corrected chi connectivity index (χ1v) is 6.83. The second kappa shape index (κ2) is 4.66. The van der Waals surface area contributed by atoms with Crippen LogP contribution in [0, 0.1) is 6.92 Å². The van der Waals surface area contributed by atoms with E-state index in [0.29, 0.717) is 0 Å². The molecule has 0 aliphatic carbocycles. The molecule has 0 amide bonds. The molecular formula is C17H14N2O2. The minimum absolute atomic E-state index is 0.286. The summed E-state index contributed by atoms with van der Waals surface area (Å²) in [5.41, 5.74) is 5.25. The fourth-order valence-corrected chi connectivity index (χ4v) is 2.64. The van der Waals surface area contributed by atoms with E-state index in [1.807, 2.05) is 43.3 Å². The summed E-state index contributed by atoms with van der Waals surface area (Å²) in [6.07, 6.45) is 0. The fourth-order valence-electron chi connectivity index (χ4n) is 2.64. The van der Waals surface area contributed by atoms with Gasteiger partial charge in [0.15, 0.2) is 11.5 Å². The molecule has 0 saturated heterocycles. The SMILES string of the molecule is Cc1[nH]nc(-c2ccccc2)c1-c1ccc2c(c1)OCO2. The van der Waals surface area contributed by atoms with E-state index in [9.17, 15) is 0 Å². The molecule has 1 aromatic heterocycles. The summed E-state index contributed by atoms with van der Waals surface area (Å²) < 4.78 is 10.8. The van der Waals surface area contributed by atoms with Crippen LogP contribution in [0.3, 0.4) is 0 Å². The van der Waals surface area contributed by atoms with Crippen molar-refractivity contribution < 1.29 is 9.47 Å². The van der Waals surface area contributed by atoms with Crippen LogP contribution in [0.25, 0.3) is 22.4 Å². The van der Waals surface area contributed by atoms with E-state index in [2.05, 4.69) is 22.3 Å². The molecule has 0 radical (unpaired) electrons. The number of benzene rings is 2. The van der Waals surface area contributed by atoms with Gasteiger partial charge >= 0.3 is 0 Å². The number of aromatic amines is 1. The minimum Gasteiger partial charge on any atom is -0.454 e. The zero-order valence-electron chi connectivity index (χ0n) is 11.6. The van der Waals surface area contributed by atoms with E-state index in [1.165, 1.54) is 0 Å². The number of hydrogen-bond acceptors (Lipinski definition) is 3. The number of aryl methyl sites for hydroxylation is 1. The van der Waals surface area contributed by atoms with E-state index in [0.717, 1.165) is 39.6 Å². The highest BCUT2D eigenvalue weighted by atomic mass is 16.7. The molecule has 2 aromatic carbocycles. The van der Waals surface area contributed by atoms with Crippen LogP contribution in [0.1, 0.15) is 5.69 Å². The molecule has 4 rings (SSSR count). The number of hydrogen-bond donors (Lipinski definition) is 1. The molecule has 2 heterocycles. The molecule has 3 aromatic rings. The van der Waals surface area contributed by atoms with Crippen molar-refractivity contribution in [3.8, 4) is 33.9 Å². The van der Waals surface area contributed by atoms with Crippen LogP contribution in [0.15, 0.2) is 48.5 Å². The van der Waals surface area contributed by atoms with Crippen LogP contribution < -0.4 is 9.47 Å². The molecule has 0 bridgehead atoms. The molecule has 0 atom stereocenters. The second-order valence-electron chi connectivity index (χ2n) is 5.01. The lowest BCUT2D eigenvalue weighted by Gasteiger charge is -2.06. The van der Waals surface area contributed by atoms with E-state index >= 15 is 0 Å². The number of H-pyrrole nitrogens is 1. The monoisotopic (exact) mass is 278 g/mol. The van der Waals surface area contributed by atoms with Gasteiger partial charge in [0.05, 0.1) is 0 Å². The van der Waals surface area contributed by atoms with Crippen molar-refractivity contribution in [2.75, 3.05) is 6.79 Å². The van der Waals surface area contributed by atoms with Crippen LogP contribution in [0.5, 0.6) is 11.5 Å². The van der Waals surface area contributed by atoms with E-state index < -0.39 is 0 Å². The van der Waals surface area contributed by atoms with Gasteiger partial charge in [-0.1, -0.05) is 36.4 Å². The molecule has 0 fully saturated rings. The number of fused-ring (bicyclic) bond motifs is 1. The first-order chi connectivity index (χ1) is 10.3. The van der Waals surface area contributed by atoms with E-state index in [-0.39, 0.29) is 6.79 Å². The van der Waals surface area contributed by atoms with Crippen molar-refractivity contribution in [3.05, 3.63) is 54.2 Å². The minimum atomic E-state index is 0.286. The van der Waals surface area contributed by atoms with Gasteiger partial charge in [-0.3, -0.25) is 5.10 Å². The number of ether oxygens (including phenoxy) is 2. The van der Waals surface area contributed by atoms with Crippen molar-refractivity contribution in [2.24, 2.45) is 0 Å². The lowest BCUT2D eigenvalue weighted by Crippen LogP contribution is -1.92. The molecule has 21 heavy (non-hydrogen) atoms. The maximum atomic E-state index is 5.47. The Labute approximate surface area is 122 Å². The number of nitrogens with zero attached hydrogens (tertiary/aromatic N) is 1. The average Bonchev–Trinajstić information content (AvgIpc) is 3.13. The molecule has 4 nitrogen and oxygen atoms in total. The van der Waals surface area contributed by atoms with Crippen molar-refractivity contribution in [1.82, 2.24) is 10.2 Å². The molecule has 0 spiro atoms. The Morgan fingerprint density at radius 1 is 0.952 bits per heavy atom. The third kappa shape index (κ3) is 1.96. The highest BCUT2D eigenvalue weighted by Gasteiger charge is 2.18. The molecule has 1 N–H and O–H groups in total. The first-order valence-electron chi connectivity index (χ1n) is 6.83. The third-order valence-corrected chi connectivity index (χ3v) is 3.66. The zero-order valence-corrected chi connectivity index (χ0v) is 11.6. The van der Waals surface area contributed by atoms with Gasteiger partial charge in [-0.2, -0.15) is 5.10 Å². The van der Waals surface area contributed by atoms with Crippen LogP contribution in [0.2, 0.25) is 0 Å². The largest absolute Gasteiger partial charge is 0.454 e. The summed E-state index contributed by atoms with van der Waals surface area (Å²) in [5.74, 6) is 1.58. The van der Waals surface area contributed by atoms with Crippen molar-refractivity contribution in [3.63, 3.8) is 0 Å². The van der Waals surface area contributed by atoms with Crippen molar-refractivity contribution in [2.45, 2.75) is 6.92 Å². The number of aromatic nitrogens is 2.